The fraction of sp³-hybridized carbons (Fsp3) is 0.278. The molecule has 1 aliphatic heterocycles. The monoisotopic (exact) mass is 370 g/mol. The molecule has 0 atom stereocenters. The van der Waals surface area contributed by atoms with E-state index in [0.29, 0.717) is 22.8 Å². The van der Waals surface area contributed by atoms with E-state index < -0.39 is 11.9 Å². The lowest BCUT2D eigenvalue weighted by Gasteiger charge is -2.02. The number of rotatable bonds is 4. The van der Waals surface area contributed by atoms with Gasteiger partial charge in [-0.15, -0.1) is 0 Å². The molecule has 0 bridgehead atoms. The highest BCUT2D eigenvalue weighted by atomic mass is 16.5. The minimum Gasteiger partial charge on any atom is -0.465 e. The van der Waals surface area contributed by atoms with E-state index in [1.807, 2.05) is 0 Å². The predicted octanol–water partition coefficient (Wildman–Crippen LogP) is 1.88. The van der Waals surface area contributed by atoms with Crippen molar-refractivity contribution in [2.24, 2.45) is 0 Å². The zero-order valence-electron chi connectivity index (χ0n) is 15.3. The van der Waals surface area contributed by atoms with Gasteiger partial charge in [0.05, 0.1) is 30.5 Å². The number of carbonyl (C=O) groups is 3. The fourth-order valence-corrected chi connectivity index (χ4v) is 2.85. The molecule has 9 heteroatoms. The third-order valence-corrected chi connectivity index (χ3v) is 4.11. The molecule has 0 saturated carbocycles. The number of ether oxygens (including phenoxy) is 2. The Hall–Kier alpha value is -3.49. The number of fused-ring (bicyclic) bond motifs is 1. The summed E-state index contributed by atoms with van der Waals surface area (Å²) in [5.41, 5.74) is 1.70. The highest BCUT2D eigenvalue weighted by Gasteiger charge is 2.29. The smallest absolute Gasteiger partial charge is 0.355 e. The number of amides is 1. The average Bonchev–Trinajstić information content (AvgIpc) is 3.11. The number of nitrogens with one attached hydrogen (secondary N) is 2. The van der Waals surface area contributed by atoms with Gasteiger partial charge in [-0.1, -0.05) is 0 Å². The molecule has 2 aromatic rings. The van der Waals surface area contributed by atoms with Crippen LogP contribution in [0.1, 0.15) is 50.4 Å². The zero-order chi connectivity index (χ0) is 19.7. The molecule has 2 N–H and O–H groups in total. The Kier molecular flexibility index (Phi) is 4.76. The van der Waals surface area contributed by atoms with Crippen LogP contribution in [-0.4, -0.2) is 46.5 Å². The van der Waals surface area contributed by atoms with Gasteiger partial charge in [-0.3, -0.25) is 4.79 Å². The lowest BCUT2D eigenvalue weighted by Crippen LogP contribution is -2.08. The van der Waals surface area contributed by atoms with E-state index in [9.17, 15) is 14.4 Å². The summed E-state index contributed by atoms with van der Waals surface area (Å²) in [5, 5.41) is 2.66. The van der Waals surface area contributed by atoms with Crippen LogP contribution in [0.5, 0.6) is 0 Å². The van der Waals surface area contributed by atoms with Crippen molar-refractivity contribution < 1.29 is 23.9 Å². The number of H-pyrrole nitrogens is 1. The number of nitrogens with zero attached hydrogens (tertiary/aromatic N) is 2. The van der Waals surface area contributed by atoms with Crippen LogP contribution in [0.3, 0.4) is 0 Å². The van der Waals surface area contributed by atoms with Crippen molar-refractivity contribution in [2.75, 3.05) is 19.0 Å². The van der Waals surface area contributed by atoms with Crippen molar-refractivity contribution in [2.45, 2.75) is 20.8 Å². The number of aryl methyl sites for hydroxylation is 1. The summed E-state index contributed by atoms with van der Waals surface area (Å²) in [7, 11) is 1.24. The fourth-order valence-electron chi connectivity index (χ4n) is 2.85. The van der Waals surface area contributed by atoms with Crippen LogP contribution in [0.4, 0.5) is 5.82 Å². The number of methoxy groups -OCH3 is 1. The van der Waals surface area contributed by atoms with Crippen molar-refractivity contribution >= 4 is 35.3 Å². The normalized spacial score (nSPS) is 14.1. The van der Waals surface area contributed by atoms with Gasteiger partial charge in [0.25, 0.3) is 5.91 Å². The molecule has 27 heavy (non-hydrogen) atoms. The van der Waals surface area contributed by atoms with Crippen LogP contribution >= 0.6 is 0 Å². The van der Waals surface area contributed by atoms with Crippen LogP contribution in [0.25, 0.3) is 11.6 Å². The third-order valence-electron chi connectivity index (χ3n) is 4.11. The first-order valence-corrected chi connectivity index (χ1v) is 8.22. The van der Waals surface area contributed by atoms with E-state index >= 15 is 0 Å². The average molecular weight is 370 g/mol. The summed E-state index contributed by atoms with van der Waals surface area (Å²) < 4.78 is 9.83. The van der Waals surface area contributed by atoms with E-state index in [-0.39, 0.29) is 35.0 Å². The van der Waals surface area contributed by atoms with E-state index in [1.54, 1.807) is 20.8 Å². The molecule has 0 radical (unpaired) electrons. The topological polar surface area (TPSA) is 123 Å². The lowest BCUT2D eigenvalue weighted by atomic mass is 10.1. The van der Waals surface area contributed by atoms with E-state index in [0.717, 1.165) is 0 Å². The van der Waals surface area contributed by atoms with Crippen LogP contribution in [-0.2, 0) is 14.3 Å². The molecule has 0 aromatic carbocycles. The first kappa shape index (κ1) is 18.3. The molecule has 0 unspecified atom stereocenters. The molecule has 0 saturated heterocycles. The molecule has 9 nitrogen and oxygen atoms in total. The minimum absolute atomic E-state index is 0.128. The van der Waals surface area contributed by atoms with E-state index in [1.165, 1.54) is 19.4 Å². The van der Waals surface area contributed by atoms with Crippen LogP contribution < -0.4 is 5.32 Å². The van der Waals surface area contributed by atoms with Gasteiger partial charge >= 0.3 is 11.9 Å². The molecule has 0 fully saturated rings. The van der Waals surface area contributed by atoms with Crippen LogP contribution in [0.2, 0.25) is 0 Å². The minimum atomic E-state index is -0.634. The Morgan fingerprint density at radius 1 is 1.26 bits per heavy atom. The SMILES string of the molecule is CCOC(=O)c1[nH]c(C=C2C(=O)Nc3nc(C)ncc32)c(C(=O)OC)c1C. The van der Waals surface area contributed by atoms with Crippen molar-refractivity contribution in [3.63, 3.8) is 0 Å². The predicted molar refractivity (Wildman–Crippen MR) is 96.1 cm³/mol. The summed E-state index contributed by atoms with van der Waals surface area (Å²) in [6, 6.07) is 0. The number of carbonyl (C=O) groups excluding carboxylic acids is 3. The van der Waals surface area contributed by atoms with Gasteiger partial charge < -0.3 is 19.8 Å². The molecule has 0 spiro atoms. The summed E-state index contributed by atoms with van der Waals surface area (Å²) in [4.78, 5) is 47.9. The third kappa shape index (κ3) is 3.19. The number of hydrogen-bond acceptors (Lipinski definition) is 7. The van der Waals surface area contributed by atoms with Gasteiger partial charge in [0, 0.05) is 11.8 Å². The van der Waals surface area contributed by atoms with Crippen LogP contribution in [0.15, 0.2) is 6.20 Å². The van der Waals surface area contributed by atoms with Crippen molar-refractivity contribution in [3.05, 3.63) is 40.1 Å². The quantitative estimate of drug-likeness (QED) is 0.622. The highest BCUT2D eigenvalue weighted by Crippen LogP contribution is 2.32. The van der Waals surface area contributed by atoms with E-state index in [4.69, 9.17) is 9.47 Å². The van der Waals surface area contributed by atoms with Gasteiger partial charge in [-0.25, -0.2) is 19.6 Å². The highest BCUT2D eigenvalue weighted by molar-refractivity contribution is 6.34. The second-order valence-electron chi connectivity index (χ2n) is 5.82. The largest absolute Gasteiger partial charge is 0.465 e. The van der Waals surface area contributed by atoms with Crippen LogP contribution in [0, 0.1) is 13.8 Å². The maximum atomic E-state index is 12.4. The standard InChI is InChI=1S/C18H18N4O5/c1-5-27-18(25)14-8(2)13(17(24)26-4)12(21-14)6-10-11-7-19-9(3)20-15(11)22-16(10)23/h6-7,21H,5H2,1-4H3,(H,19,20,22,23). The Morgan fingerprint density at radius 2 is 2.00 bits per heavy atom. The maximum Gasteiger partial charge on any atom is 0.355 e. The van der Waals surface area contributed by atoms with Gasteiger partial charge in [-0.2, -0.15) is 0 Å². The Labute approximate surface area is 154 Å². The van der Waals surface area contributed by atoms with Gasteiger partial charge in [-0.05, 0) is 32.4 Å². The molecule has 2 aromatic heterocycles. The van der Waals surface area contributed by atoms with E-state index in [2.05, 4.69) is 20.3 Å². The zero-order valence-corrected chi connectivity index (χ0v) is 15.3. The molecule has 3 rings (SSSR count). The van der Waals surface area contributed by atoms with Gasteiger partial charge in [0.1, 0.15) is 17.3 Å². The lowest BCUT2D eigenvalue weighted by molar-refractivity contribution is -0.110. The maximum absolute atomic E-state index is 12.4. The Morgan fingerprint density at radius 3 is 2.67 bits per heavy atom. The molecule has 3 heterocycles. The number of esters is 2. The first-order chi connectivity index (χ1) is 12.9. The Balaban J connectivity index is 2.16. The van der Waals surface area contributed by atoms with Crippen molar-refractivity contribution in [1.29, 1.82) is 0 Å². The molecule has 140 valence electrons. The van der Waals surface area contributed by atoms with Gasteiger partial charge in [0.2, 0.25) is 0 Å². The van der Waals surface area contributed by atoms with Crippen molar-refractivity contribution in [1.82, 2.24) is 15.0 Å². The number of aromatic nitrogens is 3. The Bertz CT molecular complexity index is 990. The second-order valence-corrected chi connectivity index (χ2v) is 5.82. The summed E-state index contributed by atoms with van der Waals surface area (Å²) in [5.74, 6) is -0.700. The first-order valence-electron chi connectivity index (χ1n) is 8.22. The number of hydrogen-bond donors (Lipinski definition) is 2. The summed E-state index contributed by atoms with van der Waals surface area (Å²) in [6.07, 6.45) is 3.00. The summed E-state index contributed by atoms with van der Waals surface area (Å²) >= 11 is 0. The molecule has 1 amide bonds. The molecule has 1 aliphatic rings. The molecule has 0 aliphatic carbocycles. The second kappa shape index (κ2) is 7.02. The number of aromatic amines is 1. The molecular formula is C18H18N4O5. The summed E-state index contributed by atoms with van der Waals surface area (Å²) in [6.45, 7) is 5.19. The molecular weight excluding hydrogens is 352 g/mol. The van der Waals surface area contributed by atoms with Crippen molar-refractivity contribution in [3.8, 4) is 0 Å². The number of anilines is 1. The van der Waals surface area contributed by atoms with Gasteiger partial charge in [0.15, 0.2) is 0 Å².